The zero-order valence-electron chi connectivity index (χ0n) is 8.51. The largest absolute Gasteiger partial charge is 0.407 e. The van der Waals surface area contributed by atoms with E-state index in [0.717, 1.165) is 18.4 Å². The average molecular weight is 217 g/mol. The lowest BCUT2D eigenvalue weighted by Gasteiger charge is -2.16. The van der Waals surface area contributed by atoms with Crippen LogP contribution in [0.2, 0.25) is 0 Å². The molecule has 0 radical (unpaired) electrons. The van der Waals surface area contributed by atoms with Crippen LogP contribution in [0.1, 0.15) is 30.5 Å². The monoisotopic (exact) mass is 217 g/mol. The summed E-state index contributed by atoms with van der Waals surface area (Å²) in [6, 6.07) is 4.50. The van der Waals surface area contributed by atoms with Gasteiger partial charge >= 0.3 is 6.18 Å². The van der Waals surface area contributed by atoms with E-state index in [1.54, 1.807) is 6.07 Å². The molecule has 1 rings (SSSR count). The van der Waals surface area contributed by atoms with Gasteiger partial charge in [0.1, 0.15) is 6.04 Å². The van der Waals surface area contributed by atoms with E-state index in [1.807, 2.05) is 13.0 Å². The highest BCUT2D eigenvalue weighted by atomic mass is 19.4. The average Bonchev–Trinajstić information content (AvgIpc) is 2.16. The summed E-state index contributed by atoms with van der Waals surface area (Å²) in [5, 5.41) is 0. The summed E-state index contributed by atoms with van der Waals surface area (Å²) in [5.41, 5.74) is 6.14. The van der Waals surface area contributed by atoms with E-state index in [-0.39, 0.29) is 5.56 Å². The number of halogens is 3. The minimum Gasteiger partial charge on any atom is -0.316 e. The highest BCUT2D eigenvalue weighted by Gasteiger charge is 2.37. The third kappa shape index (κ3) is 3.23. The maximum atomic E-state index is 12.3. The van der Waals surface area contributed by atoms with Gasteiger partial charge in [0.2, 0.25) is 0 Å². The number of aryl methyl sites for hydroxylation is 1. The fourth-order valence-corrected chi connectivity index (χ4v) is 1.42. The SMILES string of the molecule is CCCc1cccc([C@@H](N)C(F)(F)F)c1. The van der Waals surface area contributed by atoms with Crippen molar-refractivity contribution in [3.8, 4) is 0 Å². The van der Waals surface area contributed by atoms with Gasteiger partial charge in [-0.05, 0) is 17.5 Å². The molecular weight excluding hydrogens is 203 g/mol. The minimum absolute atomic E-state index is 0.133. The number of nitrogens with two attached hydrogens (primary N) is 1. The molecule has 15 heavy (non-hydrogen) atoms. The molecule has 0 heterocycles. The van der Waals surface area contributed by atoms with Crippen molar-refractivity contribution in [2.75, 3.05) is 0 Å². The van der Waals surface area contributed by atoms with Crippen LogP contribution in [0.15, 0.2) is 24.3 Å². The molecule has 0 fully saturated rings. The quantitative estimate of drug-likeness (QED) is 0.826. The van der Waals surface area contributed by atoms with Crippen LogP contribution in [0, 0.1) is 0 Å². The number of hydrogen-bond donors (Lipinski definition) is 1. The highest BCUT2D eigenvalue weighted by molar-refractivity contribution is 5.26. The second-order valence-electron chi connectivity index (χ2n) is 3.51. The molecule has 2 N–H and O–H groups in total. The molecule has 0 saturated heterocycles. The van der Waals surface area contributed by atoms with E-state index in [9.17, 15) is 13.2 Å². The van der Waals surface area contributed by atoms with Gasteiger partial charge in [0.05, 0.1) is 0 Å². The molecular formula is C11H14F3N. The zero-order valence-corrected chi connectivity index (χ0v) is 8.51. The highest BCUT2D eigenvalue weighted by Crippen LogP contribution is 2.30. The van der Waals surface area contributed by atoms with Gasteiger partial charge in [0, 0.05) is 0 Å². The molecule has 0 unspecified atom stereocenters. The molecule has 1 aromatic rings. The molecule has 84 valence electrons. The summed E-state index contributed by atoms with van der Waals surface area (Å²) in [6.45, 7) is 1.98. The Morgan fingerprint density at radius 1 is 1.33 bits per heavy atom. The van der Waals surface area contributed by atoms with Crippen molar-refractivity contribution in [2.24, 2.45) is 5.73 Å². The first-order chi connectivity index (χ1) is 6.95. The molecule has 4 heteroatoms. The van der Waals surface area contributed by atoms with Crippen LogP contribution in [0.3, 0.4) is 0 Å². The normalized spacial score (nSPS) is 13.9. The van der Waals surface area contributed by atoms with Crippen LogP contribution < -0.4 is 5.73 Å². The van der Waals surface area contributed by atoms with E-state index in [0.29, 0.717) is 0 Å². The first kappa shape index (κ1) is 12.0. The van der Waals surface area contributed by atoms with Gasteiger partial charge in [-0.25, -0.2) is 0 Å². The Morgan fingerprint density at radius 3 is 2.53 bits per heavy atom. The minimum atomic E-state index is -4.37. The maximum Gasteiger partial charge on any atom is 0.407 e. The van der Waals surface area contributed by atoms with Crippen molar-refractivity contribution in [1.82, 2.24) is 0 Å². The molecule has 0 aliphatic carbocycles. The Kier molecular flexibility index (Phi) is 3.74. The van der Waals surface area contributed by atoms with Crippen LogP contribution in [0.5, 0.6) is 0 Å². The molecule has 0 bridgehead atoms. The van der Waals surface area contributed by atoms with Gasteiger partial charge in [0.15, 0.2) is 0 Å². The first-order valence-electron chi connectivity index (χ1n) is 4.86. The second-order valence-corrected chi connectivity index (χ2v) is 3.51. The summed E-state index contributed by atoms with van der Waals surface area (Å²) in [5.74, 6) is 0. The van der Waals surface area contributed by atoms with Crippen molar-refractivity contribution in [1.29, 1.82) is 0 Å². The molecule has 0 spiro atoms. The number of rotatable bonds is 3. The van der Waals surface area contributed by atoms with Gasteiger partial charge in [-0.15, -0.1) is 0 Å². The summed E-state index contributed by atoms with van der Waals surface area (Å²) < 4.78 is 37.0. The van der Waals surface area contributed by atoms with Gasteiger partial charge in [0.25, 0.3) is 0 Å². The fraction of sp³-hybridized carbons (Fsp3) is 0.455. The Morgan fingerprint density at radius 2 is 2.00 bits per heavy atom. The molecule has 0 amide bonds. The smallest absolute Gasteiger partial charge is 0.316 e. The third-order valence-corrected chi connectivity index (χ3v) is 2.20. The molecule has 0 aliphatic heterocycles. The maximum absolute atomic E-state index is 12.3. The Balaban J connectivity index is 2.90. The summed E-state index contributed by atoms with van der Waals surface area (Å²) >= 11 is 0. The summed E-state index contributed by atoms with van der Waals surface area (Å²) in [6.07, 6.45) is -2.69. The lowest BCUT2D eigenvalue weighted by atomic mass is 10.0. The lowest BCUT2D eigenvalue weighted by Crippen LogP contribution is -2.28. The van der Waals surface area contributed by atoms with Crippen molar-refractivity contribution >= 4 is 0 Å². The predicted molar refractivity (Wildman–Crippen MR) is 53.4 cm³/mol. The zero-order chi connectivity index (χ0) is 11.5. The molecule has 0 aromatic heterocycles. The van der Waals surface area contributed by atoms with Crippen LogP contribution >= 0.6 is 0 Å². The van der Waals surface area contributed by atoms with E-state index in [1.165, 1.54) is 12.1 Å². The number of benzene rings is 1. The van der Waals surface area contributed by atoms with Crippen molar-refractivity contribution in [3.05, 3.63) is 35.4 Å². The van der Waals surface area contributed by atoms with Crippen molar-refractivity contribution in [3.63, 3.8) is 0 Å². The van der Waals surface area contributed by atoms with Gasteiger partial charge < -0.3 is 5.73 Å². The molecule has 1 atom stereocenters. The summed E-state index contributed by atoms with van der Waals surface area (Å²) in [7, 11) is 0. The van der Waals surface area contributed by atoms with Crippen molar-refractivity contribution < 1.29 is 13.2 Å². The topological polar surface area (TPSA) is 26.0 Å². The Bertz CT molecular complexity index is 320. The fourth-order valence-electron chi connectivity index (χ4n) is 1.42. The van der Waals surface area contributed by atoms with E-state index < -0.39 is 12.2 Å². The van der Waals surface area contributed by atoms with E-state index in [4.69, 9.17) is 5.73 Å². The second kappa shape index (κ2) is 4.66. The Labute approximate surface area is 87.1 Å². The molecule has 0 aliphatic rings. The van der Waals surface area contributed by atoms with Crippen LogP contribution in [-0.4, -0.2) is 6.18 Å². The number of hydrogen-bond acceptors (Lipinski definition) is 1. The van der Waals surface area contributed by atoms with Gasteiger partial charge in [-0.1, -0.05) is 37.6 Å². The predicted octanol–water partition coefficient (Wildman–Crippen LogP) is 3.20. The van der Waals surface area contributed by atoms with E-state index >= 15 is 0 Å². The van der Waals surface area contributed by atoms with Crippen LogP contribution in [0.25, 0.3) is 0 Å². The number of alkyl halides is 3. The standard InChI is InChI=1S/C11H14F3N/c1-2-4-8-5-3-6-9(7-8)10(15)11(12,13)14/h3,5-7,10H,2,4,15H2,1H3/t10-/m1/s1. The van der Waals surface area contributed by atoms with Crippen LogP contribution in [-0.2, 0) is 6.42 Å². The summed E-state index contributed by atoms with van der Waals surface area (Å²) in [4.78, 5) is 0. The Hall–Kier alpha value is -1.03. The third-order valence-electron chi connectivity index (χ3n) is 2.20. The van der Waals surface area contributed by atoms with E-state index in [2.05, 4.69) is 0 Å². The molecule has 0 saturated carbocycles. The molecule has 1 nitrogen and oxygen atoms in total. The van der Waals surface area contributed by atoms with Crippen LogP contribution in [0.4, 0.5) is 13.2 Å². The lowest BCUT2D eigenvalue weighted by molar-refractivity contribution is -0.149. The molecule has 1 aromatic carbocycles. The first-order valence-corrected chi connectivity index (χ1v) is 4.86. The van der Waals surface area contributed by atoms with Crippen molar-refractivity contribution in [2.45, 2.75) is 32.0 Å². The van der Waals surface area contributed by atoms with Gasteiger partial charge in [-0.2, -0.15) is 13.2 Å². The van der Waals surface area contributed by atoms with Gasteiger partial charge in [-0.3, -0.25) is 0 Å².